The van der Waals surface area contributed by atoms with Gasteiger partial charge in [-0.2, -0.15) is 0 Å². The summed E-state index contributed by atoms with van der Waals surface area (Å²) in [6.45, 7) is 14.8. The van der Waals surface area contributed by atoms with Crippen LogP contribution in [0, 0.1) is 0 Å². The van der Waals surface area contributed by atoms with E-state index in [0.717, 1.165) is 52.6 Å². The van der Waals surface area contributed by atoms with E-state index in [1.165, 1.54) is 89.9 Å². The second-order valence-corrected chi connectivity index (χ2v) is 8.90. The zero-order valence-corrected chi connectivity index (χ0v) is 26.1. The van der Waals surface area contributed by atoms with Crippen molar-refractivity contribution < 1.29 is 31.3 Å². The van der Waals surface area contributed by atoms with E-state index >= 15 is 0 Å². The fraction of sp³-hybridized carbons (Fsp3) is 0.875. The minimum Gasteiger partial charge on any atom is -0.400 e. The molecular weight excluding hydrogens is 480 g/mol. The van der Waals surface area contributed by atoms with Crippen LogP contribution in [0.3, 0.4) is 0 Å². The van der Waals surface area contributed by atoms with Gasteiger partial charge < -0.3 is 29.9 Å². The van der Waals surface area contributed by atoms with Crippen LogP contribution < -0.4 is 0 Å². The summed E-state index contributed by atoms with van der Waals surface area (Å²) in [6, 6.07) is 0. The van der Waals surface area contributed by atoms with Gasteiger partial charge in [0.15, 0.2) is 0 Å². The maximum atomic E-state index is 8.59. The minimum atomic E-state index is 0. The van der Waals surface area contributed by atoms with E-state index in [-0.39, 0.29) is 1.43 Å². The van der Waals surface area contributed by atoms with Gasteiger partial charge in [0.25, 0.3) is 0 Å². The Bertz CT molecular complexity index is 317. The van der Waals surface area contributed by atoms with Gasteiger partial charge in [0.2, 0.25) is 0 Å². The normalized spacial score (nSPS) is 9.37. The van der Waals surface area contributed by atoms with Gasteiger partial charge in [0, 0.05) is 55.3 Å². The third-order valence-corrected chi connectivity index (χ3v) is 5.27. The summed E-state index contributed by atoms with van der Waals surface area (Å²) >= 11 is 0. The Morgan fingerprint density at radius 2 is 0.816 bits per heavy atom. The molecule has 38 heavy (non-hydrogen) atoms. The second kappa shape index (κ2) is 60.7. The quantitative estimate of drug-likeness (QED) is 0.0718. The number of unbranched alkanes of at least 4 members (excludes halogenated alkanes) is 14. The number of aliphatic hydroxyl groups excluding tert-OH is 4. The Morgan fingerprint density at radius 3 is 1.11 bits per heavy atom. The molecule has 0 aromatic rings. The highest BCUT2D eigenvalue weighted by molar-refractivity contribution is 4.88. The van der Waals surface area contributed by atoms with Crippen LogP contribution in [0.15, 0.2) is 25.3 Å². The number of hydrogen-bond acceptors (Lipinski definition) is 6. The van der Waals surface area contributed by atoms with Gasteiger partial charge >= 0.3 is 0 Å². The molecule has 0 aliphatic heterocycles. The molecule has 0 fully saturated rings. The van der Waals surface area contributed by atoms with Gasteiger partial charge in [-0.1, -0.05) is 116 Å². The Labute approximate surface area is 240 Å². The first-order valence-corrected chi connectivity index (χ1v) is 15.2. The third kappa shape index (κ3) is 76.5. The fourth-order valence-electron chi connectivity index (χ4n) is 2.95. The summed E-state index contributed by atoms with van der Waals surface area (Å²) in [5, 5.41) is 32.2. The lowest BCUT2D eigenvalue weighted by atomic mass is 10.1. The van der Waals surface area contributed by atoms with Crippen LogP contribution in [0.1, 0.15) is 131 Å². The van der Waals surface area contributed by atoms with Crippen LogP contribution in [0.4, 0.5) is 0 Å². The number of aliphatic hydroxyl groups is 4. The number of allylic oxidation sites excluding steroid dienone is 2. The summed E-state index contributed by atoms with van der Waals surface area (Å²) in [5.41, 5.74) is 0. The molecule has 0 aliphatic carbocycles. The largest absolute Gasteiger partial charge is 0.400 e. The molecule has 4 N–H and O–H groups in total. The molecule has 236 valence electrons. The van der Waals surface area contributed by atoms with Crippen molar-refractivity contribution in [2.24, 2.45) is 0 Å². The lowest BCUT2D eigenvalue weighted by Crippen LogP contribution is -1.96. The Kier molecular flexibility index (Phi) is 75.1. The summed E-state index contributed by atoms with van der Waals surface area (Å²) in [4.78, 5) is 0. The van der Waals surface area contributed by atoms with Crippen molar-refractivity contribution in [3.05, 3.63) is 25.3 Å². The van der Waals surface area contributed by atoms with Crippen molar-refractivity contribution in [2.75, 3.05) is 53.9 Å². The van der Waals surface area contributed by atoms with Crippen molar-refractivity contribution in [1.29, 1.82) is 0 Å². The SMILES string of the molecule is C=CC=C.CCCCO.CCCCOCCCCCCCCCO.CO.COCCCCCCCCCO.[HH]. The Hall–Kier alpha value is -0.760. The smallest absolute Gasteiger partial charge is 0.0466 e. The lowest BCUT2D eigenvalue weighted by Gasteiger charge is -2.03. The first-order valence-electron chi connectivity index (χ1n) is 15.2. The predicted octanol–water partition coefficient (Wildman–Crippen LogP) is 7.87. The molecule has 0 atom stereocenters. The van der Waals surface area contributed by atoms with Crippen molar-refractivity contribution in [2.45, 2.75) is 129 Å². The number of ether oxygens (including phenoxy) is 2. The van der Waals surface area contributed by atoms with Crippen molar-refractivity contribution >= 4 is 0 Å². The molecule has 6 heteroatoms. The van der Waals surface area contributed by atoms with E-state index in [1.54, 1.807) is 19.3 Å². The van der Waals surface area contributed by atoms with Crippen molar-refractivity contribution in [1.82, 2.24) is 0 Å². The van der Waals surface area contributed by atoms with Crippen molar-refractivity contribution in [3.63, 3.8) is 0 Å². The highest BCUT2D eigenvalue weighted by atomic mass is 16.5. The third-order valence-electron chi connectivity index (χ3n) is 5.27. The van der Waals surface area contributed by atoms with E-state index in [9.17, 15) is 0 Å². The standard InChI is InChI=1S/C13H28O2.C10H22O2.C4H10O.C4H6.CH4O.H2/c1-2-3-12-15-13-10-8-6-4-5-7-9-11-14;1-12-10-8-6-4-2-3-5-7-9-11;1-2-3-4-5;1-3-4-2;1-2;/h14H,2-13H2,1H3;11H,2-10H2,1H3;5H,2-4H2,1H3;3-4H,1-2H2;2H,1H3;1H. The zero-order chi connectivity index (χ0) is 29.8. The van der Waals surface area contributed by atoms with E-state index in [4.69, 9.17) is 29.9 Å². The number of rotatable bonds is 24. The zero-order valence-electron chi connectivity index (χ0n) is 26.1. The van der Waals surface area contributed by atoms with Crippen LogP contribution in [-0.4, -0.2) is 74.3 Å². The first-order chi connectivity index (χ1) is 18.7. The van der Waals surface area contributed by atoms with E-state index in [0.29, 0.717) is 19.8 Å². The molecule has 0 spiro atoms. The maximum absolute atomic E-state index is 8.59. The summed E-state index contributed by atoms with van der Waals surface area (Å²) < 4.78 is 10.4. The molecule has 0 unspecified atom stereocenters. The molecule has 0 bridgehead atoms. The number of hydrogen-bond donors (Lipinski definition) is 4. The van der Waals surface area contributed by atoms with Crippen molar-refractivity contribution in [3.8, 4) is 0 Å². The van der Waals surface area contributed by atoms with E-state index < -0.39 is 0 Å². The molecule has 0 saturated heterocycles. The first kappa shape index (κ1) is 47.1. The molecule has 0 rings (SSSR count). The monoisotopic (exact) mass is 553 g/mol. The van der Waals surface area contributed by atoms with Crippen LogP contribution in [0.5, 0.6) is 0 Å². The van der Waals surface area contributed by atoms with Crippen LogP contribution >= 0.6 is 0 Å². The van der Waals surface area contributed by atoms with Gasteiger partial charge in [-0.15, -0.1) is 0 Å². The molecule has 0 radical (unpaired) electrons. The van der Waals surface area contributed by atoms with Gasteiger partial charge in [-0.05, 0) is 38.5 Å². The highest BCUT2D eigenvalue weighted by Crippen LogP contribution is 2.07. The summed E-state index contributed by atoms with van der Waals surface area (Å²) in [7, 11) is 2.75. The van der Waals surface area contributed by atoms with Gasteiger partial charge in [-0.25, -0.2) is 0 Å². The lowest BCUT2D eigenvalue weighted by molar-refractivity contribution is 0.127. The van der Waals surface area contributed by atoms with Crippen LogP contribution in [-0.2, 0) is 9.47 Å². The van der Waals surface area contributed by atoms with E-state index in [2.05, 4.69) is 27.0 Å². The average Bonchev–Trinajstić information content (AvgIpc) is 2.95. The molecule has 0 aliphatic rings. The average molecular weight is 553 g/mol. The molecule has 6 nitrogen and oxygen atoms in total. The molecular formula is C32H72O6. The Balaban J connectivity index is -0.000000101. The molecule has 0 amide bonds. The minimum absolute atomic E-state index is 0. The highest BCUT2D eigenvalue weighted by Gasteiger charge is 1.92. The Morgan fingerprint density at radius 1 is 0.500 bits per heavy atom. The number of methoxy groups -OCH3 is 1. The van der Waals surface area contributed by atoms with Gasteiger partial charge in [-0.3, -0.25) is 0 Å². The van der Waals surface area contributed by atoms with Crippen LogP contribution in [0.25, 0.3) is 0 Å². The van der Waals surface area contributed by atoms with Crippen LogP contribution in [0.2, 0.25) is 0 Å². The van der Waals surface area contributed by atoms with Gasteiger partial charge in [0.1, 0.15) is 0 Å². The topological polar surface area (TPSA) is 99.4 Å². The van der Waals surface area contributed by atoms with E-state index in [1.807, 2.05) is 0 Å². The second-order valence-electron chi connectivity index (χ2n) is 8.90. The fourth-order valence-corrected chi connectivity index (χ4v) is 2.95. The maximum Gasteiger partial charge on any atom is 0.0466 e. The molecule has 0 aromatic carbocycles. The summed E-state index contributed by atoms with van der Waals surface area (Å²) in [6.07, 6.45) is 24.8. The molecule has 0 aromatic heterocycles. The predicted molar refractivity (Wildman–Crippen MR) is 169 cm³/mol. The van der Waals surface area contributed by atoms with Gasteiger partial charge in [0.05, 0.1) is 0 Å². The molecule has 0 heterocycles. The molecule has 0 saturated carbocycles. The summed E-state index contributed by atoms with van der Waals surface area (Å²) in [5.74, 6) is 0.